The number of rotatable bonds is 16. The molecule has 4 heteroatoms. The molecule has 0 aliphatic rings. The number of carbonyl (C=O) groups is 2. The number of benzene rings is 2. The van der Waals surface area contributed by atoms with Gasteiger partial charge < -0.3 is 9.69 Å². The number of carbonyl (C=O) groups excluding carboxylic acids is 2. The highest BCUT2D eigenvalue weighted by molar-refractivity contribution is 7.98. The second-order valence-electron chi connectivity index (χ2n) is 9.15. The van der Waals surface area contributed by atoms with E-state index in [9.17, 15) is 9.59 Å². The van der Waals surface area contributed by atoms with Crippen molar-refractivity contribution in [2.45, 2.75) is 65.3 Å². The first-order chi connectivity index (χ1) is 16.0. The molecular weight excluding hydrogens is 426 g/mol. The van der Waals surface area contributed by atoms with Crippen molar-refractivity contribution >= 4 is 23.8 Å². The van der Waals surface area contributed by atoms with Crippen molar-refractivity contribution in [2.75, 3.05) is 25.6 Å². The van der Waals surface area contributed by atoms with E-state index in [1.165, 1.54) is 37.7 Å². The van der Waals surface area contributed by atoms with E-state index in [1.807, 2.05) is 24.5 Å². The first-order valence-corrected chi connectivity index (χ1v) is 13.7. The van der Waals surface area contributed by atoms with Crippen LogP contribution in [-0.2, 0) is 11.3 Å². The molecule has 2 rings (SSSR count). The second kappa shape index (κ2) is 15.1. The molecule has 33 heavy (non-hydrogen) atoms. The molecule has 0 N–H and O–H groups in total. The highest BCUT2D eigenvalue weighted by Gasteiger charge is 2.19. The Bertz CT molecular complexity index is 880. The van der Waals surface area contributed by atoms with Gasteiger partial charge >= 0.3 is 0 Å². The van der Waals surface area contributed by atoms with Gasteiger partial charge in [0, 0.05) is 24.4 Å². The van der Waals surface area contributed by atoms with Crippen LogP contribution in [0, 0.1) is 12.8 Å². The van der Waals surface area contributed by atoms with Crippen molar-refractivity contribution in [1.29, 1.82) is 0 Å². The van der Waals surface area contributed by atoms with Gasteiger partial charge in [0.2, 0.25) is 0 Å². The van der Waals surface area contributed by atoms with Crippen LogP contribution in [0.5, 0.6) is 0 Å². The lowest BCUT2D eigenvalue weighted by Gasteiger charge is -2.19. The lowest BCUT2D eigenvalue weighted by molar-refractivity contribution is -0.111. The topological polar surface area (TPSA) is 37.4 Å². The molecule has 0 unspecified atom stereocenters. The normalized spacial score (nSPS) is 12.2. The van der Waals surface area contributed by atoms with Crippen molar-refractivity contribution < 1.29 is 9.59 Å². The summed E-state index contributed by atoms with van der Waals surface area (Å²) in [5.74, 6) is 0.737. The van der Waals surface area contributed by atoms with Gasteiger partial charge in [0.05, 0.1) is 0 Å². The van der Waals surface area contributed by atoms with Gasteiger partial charge in [0.25, 0.3) is 0 Å². The third-order valence-electron chi connectivity index (χ3n) is 6.25. The second-order valence-corrected chi connectivity index (χ2v) is 10.1. The molecule has 2 aromatic rings. The largest absolute Gasteiger partial charge is 0.303 e. The number of thioether (sulfide) groups is 1. The number of aldehydes is 1. The molecule has 0 aliphatic heterocycles. The summed E-state index contributed by atoms with van der Waals surface area (Å²) < 4.78 is 0. The smallest absolute Gasteiger partial charge is 0.164 e. The standard InChI is InChI=1S/C29H41NO2S/c1-5-6-7-8-11-17-30(3)21-24-14-15-27(29(32)20-25(22-31)16-18-33-4)28(19-24)26-13-10-9-12-23(26)2/h9-10,12-15,19,22,25H,5-8,11,16-18,20-21H2,1-4H3/t25-/m1/s1. The summed E-state index contributed by atoms with van der Waals surface area (Å²) in [4.78, 5) is 27.2. The van der Waals surface area contributed by atoms with Crippen LogP contribution in [0.15, 0.2) is 42.5 Å². The molecule has 0 saturated heterocycles. The summed E-state index contributed by atoms with van der Waals surface area (Å²) in [5.41, 5.74) is 5.18. The molecule has 0 bridgehead atoms. The number of hydrogen-bond acceptors (Lipinski definition) is 4. The van der Waals surface area contributed by atoms with Crippen molar-refractivity contribution in [3.8, 4) is 11.1 Å². The van der Waals surface area contributed by atoms with E-state index in [2.05, 4.69) is 50.1 Å². The summed E-state index contributed by atoms with van der Waals surface area (Å²) in [6, 6.07) is 14.5. The molecule has 0 saturated carbocycles. The number of Topliss-reactive ketones (excluding diaryl/α,β-unsaturated/α-hetero) is 1. The molecule has 0 aromatic heterocycles. The van der Waals surface area contributed by atoms with Gasteiger partial charge in [-0.1, -0.05) is 69.0 Å². The highest BCUT2D eigenvalue weighted by Crippen LogP contribution is 2.30. The lowest BCUT2D eigenvalue weighted by Crippen LogP contribution is -2.19. The minimum atomic E-state index is -0.215. The van der Waals surface area contributed by atoms with Gasteiger partial charge in [0.1, 0.15) is 6.29 Å². The van der Waals surface area contributed by atoms with Crippen molar-refractivity contribution in [3.63, 3.8) is 0 Å². The fraction of sp³-hybridized carbons (Fsp3) is 0.517. The van der Waals surface area contributed by atoms with Crippen LogP contribution < -0.4 is 0 Å². The first kappa shape index (κ1) is 27.3. The van der Waals surface area contributed by atoms with Gasteiger partial charge in [-0.05, 0) is 73.7 Å². The van der Waals surface area contributed by atoms with E-state index in [0.717, 1.165) is 53.8 Å². The minimum absolute atomic E-state index is 0.0577. The molecule has 0 aliphatic carbocycles. The number of ketones is 1. The SMILES string of the molecule is CCCCCCCN(C)Cc1ccc(C(=O)C[C@H](C=O)CCSC)c(-c2ccccc2C)c1. The van der Waals surface area contributed by atoms with Gasteiger partial charge in [0.15, 0.2) is 5.78 Å². The summed E-state index contributed by atoms with van der Waals surface area (Å²) in [6.45, 7) is 6.29. The zero-order valence-electron chi connectivity index (χ0n) is 20.9. The van der Waals surface area contributed by atoms with E-state index in [-0.39, 0.29) is 18.1 Å². The van der Waals surface area contributed by atoms with Crippen LogP contribution >= 0.6 is 11.8 Å². The van der Waals surface area contributed by atoms with E-state index in [4.69, 9.17) is 0 Å². The Hall–Kier alpha value is -1.91. The highest BCUT2D eigenvalue weighted by atomic mass is 32.2. The third-order valence-corrected chi connectivity index (χ3v) is 6.89. The third kappa shape index (κ3) is 9.10. The van der Waals surface area contributed by atoms with E-state index < -0.39 is 0 Å². The summed E-state index contributed by atoms with van der Waals surface area (Å²) in [5, 5.41) is 0. The summed E-state index contributed by atoms with van der Waals surface area (Å²) in [7, 11) is 2.17. The monoisotopic (exact) mass is 467 g/mol. The molecule has 0 spiro atoms. The molecule has 3 nitrogen and oxygen atoms in total. The minimum Gasteiger partial charge on any atom is -0.303 e. The Morgan fingerprint density at radius 3 is 2.52 bits per heavy atom. The predicted octanol–water partition coefficient (Wildman–Crippen LogP) is 7.21. The van der Waals surface area contributed by atoms with E-state index >= 15 is 0 Å². The quantitative estimate of drug-likeness (QED) is 0.149. The number of nitrogens with zero attached hydrogens (tertiary/aromatic N) is 1. The molecule has 2 aromatic carbocycles. The Kier molecular flexibility index (Phi) is 12.5. The fourth-order valence-corrected chi connectivity index (χ4v) is 4.78. The zero-order chi connectivity index (χ0) is 24.1. The Morgan fingerprint density at radius 2 is 1.82 bits per heavy atom. The van der Waals surface area contributed by atoms with Crippen LogP contribution in [0.4, 0.5) is 0 Å². The number of unbranched alkanes of at least 4 members (excludes halogenated alkanes) is 4. The molecule has 0 radical (unpaired) electrons. The lowest BCUT2D eigenvalue weighted by atomic mass is 9.89. The van der Waals surface area contributed by atoms with Crippen LogP contribution in [-0.4, -0.2) is 42.6 Å². The molecule has 180 valence electrons. The maximum Gasteiger partial charge on any atom is 0.164 e. The molecular formula is C29H41NO2S. The average Bonchev–Trinajstić information content (AvgIpc) is 2.81. The van der Waals surface area contributed by atoms with E-state index in [0.29, 0.717) is 0 Å². The van der Waals surface area contributed by atoms with Crippen LogP contribution in [0.1, 0.15) is 73.4 Å². The Labute approximate surface area is 205 Å². The van der Waals surface area contributed by atoms with Gasteiger partial charge in [-0.15, -0.1) is 0 Å². The maximum atomic E-state index is 13.3. The first-order valence-electron chi connectivity index (χ1n) is 12.3. The van der Waals surface area contributed by atoms with Crippen LogP contribution in [0.25, 0.3) is 11.1 Å². The van der Waals surface area contributed by atoms with Gasteiger partial charge in [-0.25, -0.2) is 0 Å². The average molecular weight is 468 g/mol. The number of aryl methyl sites for hydroxylation is 1. The van der Waals surface area contributed by atoms with Crippen LogP contribution in [0.3, 0.4) is 0 Å². The van der Waals surface area contributed by atoms with Crippen molar-refractivity contribution in [2.24, 2.45) is 5.92 Å². The molecule has 1 atom stereocenters. The maximum absolute atomic E-state index is 13.3. The van der Waals surface area contributed by atoms with Crippen LogP contribution in [0.2, 0.25) is 0 Å². The Morgan fingerprint density at radius 1 is 1.06 bits per heavy atom. The predicted molar refractivity (Wildman–Crippen MR) is 143 cm³/mol. The molecule has 0 heterocycles. The molecule has 0 fully saturated rings. The van der Waals surface area contributed by atoms with Gasteiger partial charge in [-0.2, -0.15) is 11.8 Å². The summed E-state index contributed by atoms with van der Waals surface area (Å²) >= 11 is 1.71. The number of hydrogen-bond donors (Lipinski definition) is 0. The van der Waals surface area contributed by atoms with Crippen molar-refractivity contribution in [3.05, 3.63) is 59.2 Å². The zero-order valence-corrected chi connectivity index (χ0v) is 21.8. The van der Waals surface area contributed by atoms with Gasteiger partial charge in [-0.3, -0.25) is 4.79 Å². The molecule has 0 amide bonds. The van der Waals surface area contributed by atoms with E-state index in [1.54, 1.807) is 11.8 Å². The van der Waals surface area contributed by atoms with Crippen molar-refractivity contribution in [1.82, 2.24) is 4.90 Å². The summed E-state index contributed by atoms with van der Waals surface area (Å²) in [6.07, 6.45) is 10.4. The fourth-order valence-electron chi connectivity index (χ4n) is 4.24. The Balaban J connectivity index is 2.22.